The van der Waals surface area contributed by atoms with Crippen LogP contribution in [0.15, 0.2) is 107 Å². The molecular formula is C33H32N2S. The summed E-state index contributed by atoms with van der Waals surface area (Å²) in [5.74, 6) is 1.10. The summed E-state index contributed by atoms with van der Waals surface area (Å²) in [6, 6.07) is 32.7. The quantitative estimate of drug-likeness (QED) is 0.248. The first-order valence-electron chi connectivity index (χ1n) is 12.6. The maximum atomic E-state index is 4.47. The van der Waals surface area contributed by atoms with Crippen molar-refractivity contribution in [2.45, 2.75) is 19.8 Å². The molecule has 0 radical (unpaired) electrons. The van der Waals surface area contributed by atoms with E-state index in [2.05, 4.69) is 132 Å². The van der Waals surface area contributed by atoms with Gasteiger partial charge in [0.1, 0.15) is 5.84 Å². The van der Waals surface area contributed by atoms with E-state index in [4.69, 9.17) is 0 Å². The Balaban J connectivity index is 0.000000165. The monoisotopic (exact) mass is 488 g/mol. The van der Waals surface area contributed by atoms with Crippen molar-refractivity contribution in [3.8, 4) is 0 Å². The van der Waals surface area contributed by atoms with E-state index in [1.165, 1.54) is 49.5 Å². The molecule has 0 spiro atoms. The van der Waals surface area contributed by atoms with Crippen molar-refractivity contribution in [1.29, 1.82) is 0 Å². The molecule has 0 aliphatic carbocycles. The van der Waals surface area contributed by atoms with Crippen molar-refractivity contribution in [3.05, 3.63) is 124 Å². The minimum absolute atomic E-state index is 0.967. The van der Waals surface area contributed by atoms with Crippen LogP contribution in [0.3, 0.4) is 0 Å². The number of aliphatic imine (C=N–C) groups is 1. The SMILES string of the molecule is CN1CCCN=C1/C=C/c1cccs1.Cc1cc(Cc2cccc3ccccc23)c2ccccc2c1. The van der Waals surface area contributed by atoms with Gasteiger partial charge in [-0.1, -0.05) is 90.5 Å². The van der Waals surface area contributed by atoms with Crippen LogP contribution in [0.1, 0.15) is 28.0 Å². The fraction of sp³-hybridized carbons (Fsp3) is 0.182. The maximum absolute atomic E-state index is 4.47. The standard InChI is InChI=1S/C22H18.C11H14N2S/c1-16-13-18-8-3-5-12-22(18)20(14-16)15-19-10-6-9-17-7-2-4-11-21(17)19;1-13-8-3-7-12-11(13)6-5-10-4-2-9-14-10/h2-14H,15H2,1H3;2,4-6,9H,3,7-8H2,1H3/b;6-5+. The van der Waals surface area contributed by atoms with Crippen molar-refractivity contribution in [2.24, 2.45) is 4.99 Å². The first kappa shape index (κ1) is 24.0. The molecule has 3 heteroatoms. The third-order valence-electron chi connectivity index (χ3n) is 6.61. The molecule has 0 amide bonds. The van der Waals surface area contributed by atoms with E-state index in [0.717, 1.165) is 25.3 Å². The number of benzene rings is 4. The van der Waals surface area contributed by atoms with Gasteiger partial charge in [0.05, 0.1) is 0 Å². The van der Waals surface area contributed by atoms with Crippen molar-refractivity contribution in [1.82, 2.24) is 4.90 Å². The molecule has 2 heterocycles. The summed E-state index contributed by atoms with van der Waals surface area (Å²) >= 11 is 1.75. The second-order valence-electron chi connectivity index (χ2n) is 9.32. The van der Waals surface area contributed by atoms with Gasteiger partial charge in [-0.3, -0.25) is 4.99 Å². The molecule has 0 unspecified atom stereocenters. The van der Waals surface area contributed by atoms with Gasteiger partial charge in [-0.05, 0) is 76.0 Å². The number of thiophene rings is 1. The summed E-state index contributed by atoms with van der Waals surface area (Å²) in [7, 11) is 2.09. The highest BCUT2D eigenvalue weighted by molar-refractivity contribution is 7.10. The lowest BCUT2D eigenvalue weighted by Crippen LogP contribution is -2.30. The summed E-state index contributed by atoms with van der Waals surface area (Å²) < 4.78 is 0. The lowest BCUT2D eigenvalue weighted by atomic mass is 9.94. The second kappa shape index (κ2) is 11.4. The smallest absolute Gasteiger partial charge is 0.123 e. The number of likely N-dealkylation sites (N-methyl/N-ethyl adjacent to an activating group) is 1. The highest BCUT2D eigenvalue weighted by Crippen LogP contribution is 2.26. The molecule has 36 heavy (non-hydrogen) atoms. The normalized spacial score (nSPS) is 13.6. The lowest BCUT2D eigenvalue weighted by molar-refractivity contribution is 0.470. The van der Waals surface area contributed by atoms with Gasteiger partial charge >= 0.3 is 0 Å². The molecule has 2 nitrogen and oxygen atoms in total. The van der Waals surface area contributed by atoms with Gasteiger partial charge in [0.2, 0.25) is 0 Å². The Morgan fingerprint density at radius 2 is 1.56 bits per heavy atom. The molecule has 1 aromatic heterocycles. The number of rotatable bonds is 4. The Labute approximate surface area is 218 Å². The molecule has 0 bridgehead atoms. The van der Waals surface area contributed by atoms with Gasteiger partial charge < -0.3 is 4.90 Å². The highest BCUT2D eigenvalue weighted by atomic mass is 32.1. The summed E-state index contributed by atoms with van der Waals surface area (Å²) in [5.41, 5.74) is 4.13. The fourth-order valence-corrected chi connectivity index (χ4v) is 5.43. The molecule has 0 saturated heterocycles. The van der Waals surface area contributed by atoms with Crippen molar-refractivity contribution in [3.63, 3.8) is 0 Å². The highest BCUT2D eigenvalue weighted by Gasteiger charge is 2.07. The van der Waals surface area contributed by atoms with Gasteiger partial charge in [0, 0.05) is 25.0 Å². The number of hydrogen-bond acceptors (Lipinski definition) is 3. The van der Waals surface area contributed by atoms with Gasteiger partial charge in [-0.25, -0.2) is 0 Å². The molecule has 6 rings (SSSR count). The van der Waals surface area contributed by atoms with E-state index < -0.39 is 0 Å². The molecule has 0 atom stereocenters. The molecule has 0 N–H and O–H groups in total. The third kappa shape index (κ3) is 5.75. The average molecular weight is 489 g/mol. The molecular weight excluding hydrogens is 456 g/mol. The van der Waals surface area contributed by atoms with E-state index in [0.29, 0.717) is 0 Å². The van der Waals surface area contributed by atoms with Crippen LogP contribution >= 0.6 is 11.3 Å². The number of fused-ring (bicyclic) bond motifs is 2. The second-order valence-corrected chi connectivity index (χ2v) is 10.3. The van der Waals surface area contributed by atoms with E-state index in [1.54, 1.807) is 11.3 Å². The van der Waals surface area contributed by atoms with Crippen molar-refractivity contribution >= 4 is 44.8 Å². The largest absolute Gasteiger partial charge is 0.360 e. The first-order valence-corrected chi connectivity index (χ1v) is 13.5. The predicted molar refractivity (Wildman–Crippen MR) is 158 cm³/mol. The van der Waals surface area contributed by atoms with E-state index in [9.17, 15) is 0 Å². The molecule has 1 aliphatic heterocycles. The first-order chi connectivity index (χ1) is 17.7. The number of hydrogen-bond donors (Lipinski definition) is 0. The Hall–Kier alpha value is -3.69. The van der Waals surface area contributed by atoms with Crippen LogP contribution in [0.5, 0.6) is 0 Å². The molecule has 180 valence electrons. The number of aryl methyl sites for hydroxylation is 1. The van der Waals surface area contributed by atoms with E-state index in [1.807, 2.05) is 0 Å². The fourth-order valence-electron chi connectivity index (χ4n) is 4.81. The van der Waals surface area contributed by atoms with Crippen LogP contribution in [0.4, 0.5) is 0 Å². The summed E-state index contributed by atoms with van der Waals surface area (Å²) in [6.07, 6.45) is 6.38. The van der Waals surface area contributed by atoms with Crippen LogP contribution in [-0.4, -0.2) is 30.9 Å². The van der Waals surface area contributed by atoms with Crippen LogP contribution in [-0.2, 0) is 6.42 Å². The topological polar surface area (TPSA) is 15.6 Å². The van der Waals surface area contributed by atoms with Gasteiger partial charge in [-0.15, -0.1) is 11.3 Å². The lowest BCUT2D eigenvalue weighted by Gasteiger charge is -2.22. The zero-order chi connectivity index (χ0) is 24.7. The van der Waals surface area contributed by atoms with Gasteiger partial charge in [0.25, 0.3) is 0 Å². The molecule has 5 aromatic rings. The summed E-state index contributed by atoms with van der Waals surface area (Å²) in [4.78, 5) is 7.96. The third-order valence-corrected chi connectivity index (χ3v) is 7.45. The summed E-state index contributed by atoms with van der Waals surface area (Å²) in [6.45, 7) is 4.26. The number of nitrogens with zero attached hydrogens (tertiary/aromatic N) is 2. The van der Waals surface area contributed by atoms with Crippen LogP contribution in [0.2, 0.25) is 0 Å². The zero-order valence-corrected chi connectivity index (χ0v) is 21.8. The Morgan fingerprint density at radius 1 is 0.806 bits per heavy atom. The van der Waals surface area contributed by atoms with Crippen LogP contribution in [0, 0.1) is 6.92 Å². The minimum Gasteiger partial charge on any atom is -0.360 e. The predicted octanol–water partition coefficient (Wildman–Crippen LogP) is 8.39. The average Bonchev–Trinajstić information content (AvgIpc) is 3.43. The van der Waals surface area contributed by atoms with E-state index >= 15 is 0 Å². The molecule has 4 aromatic carbocycles. The van der Waals surface area contributed by atoms with Crippen molar-refractivity contribution < 1.29 is 0 Å². The minimum atomic E-state index is 0.967. The molecule has 0 fully saturated rings. The van der Waals surface area contributed by atoms with E-state index in [-0.39, 0.29) is 0 Å². The van der Waals surface area contributed by atoms with Crippen LogP contribution < -0.4 is 0 Å². The van der Waals surface area contributed by atoms with Gasteiger partial charge in [0.15, 0.2) is 0 Å². The number of amidine groups is 1. The molecule has 1 aliphatic rings. The Morgan fingerprint density at radius 3 is 2.33 bits per heavy atom. The van der Waals surface area contributed by atoms with Crippen molar-refractivity contribution in [2.75, 3.05) is 20.1 Å². The zero-order valence-electron chi connectivity index (χ0n) is 21.0. The Bertz CT molecular complexity index is 1510. The molecule has 0 saturated carbocycles. The summed E-state index contributed by atoms with van der Waals surface area (Å²) in [5, 5.41) is 7.46. The van der Waals surface area contributed by atoms with Crippen LogP contribution in [0.25, 0.3) is 27.6 Å². The maximum Gasteiger partial charge on any atom is 0.123 e. The Kier molecular flexibility index (Phi) is 7.58. The van der Waals surface area contributed by atoms with Gasteiger partial charge in [-0.2, -0.15) is 0 Å².